The highest BCUT2D eigenvalue weighted by molar-refractivity contribution is 7.79. The van der Waals surface area contributed by atoms with Crippen molar-refractivity contribution in [2.75, 3.05) is 0 Å². The van der Waals surface area contributed by atoms with Crippen LogP contribution in [-0.4, -0.2) is 8.76 Å². The lowest BCUT2D eigenvalue weighted by atomic mass is 10.0. The van der Waals surface area contributed by atoms with Gasteiger partial charge in [-0.05, 0) is 46.8 Å². The van der Waals surface area contributed by atoms with Crippen molar-refractivity contribution in [1.82, 2.24) is 0 Å². The highest BCUT2D eigenvalue weighted by Crippen LogP contribution is 2.27. The van der Waals surface area contributed by atoms with Gasteiger partial charge >= 0.3 is 0 Å². The fourth-order valence-electron chi connectivity index (χ4n) is 1.77. The molecule has 0 spiro atoms. The zero-order chi connectivity index (χ0) is 11.0. The summed E-state index contributed by atoms with van der Waals surface area (Å²) in [6.07, 6.45) is 0. The van der Waals surface area contributed by atoms with Crippen molar-refractivity contribution in [1.29, 1.82) is 0 Å². The highest BCUT2D eigenvalue weighted by atomic mass is 32.2. The summed E-state index contributed by atoms with van der Waals surface area (Å²) >= 11 is -2.18. The number of fused-ring (bicyclic) bond motifs is 1. The van der Waals surface area contributed by atoms with Crippen LogP contribution in [0.15, 0.2) is 35.2 Å². The van der Waals surface area contributed by atoms with Crippen molar-refractivity contribution in [3.05, 3.63) is 41.5 Å². The first-order chi connectivity index (χ1) is 7.11. The van der Waals surface area contributed by atoms with Gasteiger partial charge in [-0.3, -0.25) is 4.21 Å². The van der Waals surface area contributed by atoms with Gasteiger partial charge in [-0.1, -0.05) is 30.3 Å². The van der Waals surface area contributed by atoms with E-state index in [1.807, 2.05) is 44.2 Å². The Labute approximate surface area is 91.2 Å². The van der Waals surface area contributed by atoms with Gasteiger partial charge in [0.25, 0.3) is 0 Å². The van der Waals surface area contributed by atoms with E-state index in [9.17, 15) is 8.76 Å². The summed E-state index contributed by atoms with van der Waals surface area (Å²) in [5.74, 6) is 0. The smallest absolute Gasteiger partial charge is 0.0359 e. The first-order valence-corrected chi connectivity index (χ1v) is 5.77. The van der Waals surface area contributed by atoms with Crippen molar-refractivity contribution in [3.8, 4) is 0 Å². The molecule has 0 aromatic heterocycles. The van der Waals surface area contributed by atoms with Crippen LogP contribution in [0.4, 0.5) is 0 Å². The topological polar surface area (TPSA) is 40.1 Å². The summed E-state index contributed by atoms with van der Waals surface area (Å²) in [5.41, 5.74) is 1.84. The Balaban J connectivity index is 2.95. The van der Waals surface area contributed by atoms with Gasteiger partial charge in [0, 0.05) is 4.90 Å². The quantitative estimate of drug-likeness (QED) is 0.692. The molecular weight excluding hydrogens is 208 g/mol. The van der Waals surface area contributed by atoms with Crippen LogP contribution in [0.5, 0.6) is 0 Å². The van der Waals surface area contributed by atoms with E-state index in [-0.39, 0.29) is 0 Å². The van der Waals surface area contributed by atoms with Crippen LogP contribution >= 0.6 is 0 Å². The maximum Gasteiger partial charge on any atom is 0.0359 e. The van der Waals surface area contributed by atoms with E-state index in [2.05, 4.69) is 0 Å². The molecule has 0 saturated heterocycles. The molecule has 0 bridgehead atoms. The van der Waals surface area contributed by atoms with Crippen molar-refractivity contribution in [3.63, 3.8) is 0 Å². The lowest BCUT2D eigenvalue weighted by Crippen LogP contribution is -1.97. The summed E-state index contributed by atoms with van der Waals surface area (Å²) in [6.45, 7) is 3.77. The SMILES string of the molecule is Cc1cc2ccccc2c(S(=O)[O-])c1C. The Bertz CT molecular complexity index is 547. The van der Waals surface area contributed by atoms with Gasteiger partial charge in [-0.25, -0.2) is 0 Å². The van der Waals surface area contributed by atoms with Gasteiger partial charge in [0.05, 0.1) is 0 Å². The molecule has 3 heteroatoms. The molecule has 0 heterocycles. The van der Waals surface area contributed by atoms with E-state index in [1.165, 1.54) is 0 Å². The van der Waals surface area contributed by atoms with E-state index in [0.29, 0.717) is 4.90 Å². The molecule has 2 nitrogen and oxygen atoms in total. The fraction of sp³-hybridized carbons (Fsp3) is 0.167. The zero-order valence-electron chi connectivity index (χ0n) is 8.61. The summed E-state index contributed by atoms with van der Waals surface area (Å²) in [5, 5.41) is 1.77. The van der Waals surface area contributed by atoms with Crippen LogP contribution in [0.1, 0.15) is 11.1 Å². The minimum absolute atomic E-state index is 0.422. The lowest BCUT2D eigenvalue weighted by Gasteiger charge is -2.14. The van der Waals surface area contributed by atoms with Crippen LogP contribution < -0.4 is 0 Å². The molecule has 1 unspecified atom stereocenters. The first kappa shape index (κ1) is 10.3. The summed E-state index contributed by atoms with van der Waals surface area (Å²) < 4.78 is 22.4. The van der Waals surface area contributed by atoms with Crippen LogP contribution in [0, 0.1) is 13.8 Å². The third-order valence-corrected chi connectivity index (χ3v) is 3.54. The van der Waals surface area contributed by atoms with Gasteiger partial charge in [-0.2, -0.15) is 0 Å². The van der Waals surface area contributed by atoms with Gasteiger partial charge in [-0.15, -0.1) is 0 Å². The van der Waals surface area contributed by atoms with Crippen LogP contribution in [0.25, 0.3) is 10.8 Å². The molecule has 78 valence electrons. The van der Waals surface area contributed by atoms with E-state index in [1.54, 1.807) is 0 Å². The van der Waals surface area contributed by atoms with Gasteiger partial charge in [0.1, 0.15) is 0 Å². The van der Waals surface area contributed by atoms with E-state index in [0.717, 1.165) is 21.9 Å². The van der Waals surface area contributed by atoms with Gasteiger partial charge in [0.2, 0.25) is 0 Å². The first-order valence-electron chi connectivity index (χ1n) is 4.69. The largest absolute Gasteiger partial charge is 0.768 e. The Hall–Kier alpha value is -1.19. The minimum Gasteiger partial charge on any atom is -0.768 e. The molecule has 2 aromatic rings. The Morgan fingerprint density at radius 2 is 1.87 bits per heavy atom. The normalized spacial score (nSPS) is 13.0. The molecular formula is C12H11O2S-. The molecule has 0 fully saturated rings. The molecule has 0 amide bonds. The molecule has 0 aliphatic carbocycles. The number of benzene rings is 2. The predicted molar refractivity (Wildman–Crippen MR) is 60.6 cm³/mol. The summed E-state index contributed by atoms with van der Waals surface area (Å²) in [4.78, 5) is 0.422. The highest BCUT2D eigenvalue weighted by Gasteiger charge is 2.07. The van der Waals surface area contributed by atoms with Crippen molar-refractivity contribution >= 4 is 21.9 Å². The number of aryl methyl sites for hydroxylation is 1. The third kappa shape index (κ3) is 1.68. The van der Waals surface area contributed by atoms with Gasteiger partial charge < -0.3 is 4.55 Å². The molecule has 0 N–H and O–H groups in total. The summed E-state index contributed by atoms with van der Waals surface area (Å²) in [6, 6.07) is 9.55. The van der Waals surface area contributed by atoms with E-state index >= 15 is 0 Å². The van der Waals surface area contributed by atoms with Crippen LogP contribution in [0.3, 0.4) is 0 Å². The van der Waals surface area contributed by atoms with Crippen LogP contribution in [-0.2, 0) is 11.1 Å². The second-order valence-corrected chi connectivity index (χ2v) is 4.48. The second-order valence-electron chi connectivity index (χ2n) is 3.60. The molecule has 2 rings (SSSR count). The van der Waals surface area contributed by atoms with Gasteiger partial charge in [0.15, 0.2) is 0 Å². The van der Waals surface area contributed by atoms with E-state index in [4.69, 9.17) is 0 Å². The Morgan fingerprint density at radius 3 is 2.53 bits per heavy atom. The predicted octanol–water partition coefficient (Wildman–Crippen LogP) is 2.69. The molecule has 0 saturated carbocycles. The maximum absolute atomic E-state index is 11.2. The zero-order valence-corrected chi connectivity index (χ0v) is 9.43. The average Bonchev–Trinajstić information content (AvgIpc) is 2.19. The number of rotatable bonds is 1. The molecule has 2 aromatic carbocycles. The Kier molecular flexibility index (Phi) is 2.59. The van der Waals surface area contributed by atoms with Crippen LogP contribution in [0.2, 0.25) is 0 Å². The molecule has 1 atom stereocenters. The molecule has 0 aliphatic rings. The van der Waals surface area contributed by atoms with Crippen molar-refractivity contribution in [2.24, 2.45) is 0 Å². The number of hydrogen-bond donors (Lipinski definition) is 0. The van der Waals surface area contributed by atoms with Crippen molar-refractivity contribution in [2.45, 2.75) is 18.7 Å². The number of hydrogen-bond acceptors (Lipinski definition) is 2. The Morgan fingerprint density at radius 1 is 1.20 bits per heavy atom. The standard InChI is InChI=1S/C12H12O2S/c1-8-7-10-5-3-4-6-11(10)12(9(8)2)15(13)14/h3-7H,1-2H3,(H,13,14)/p-1. The monoisotopic (exact) mass is 219 g/mol. The fourth-order valence-corrected chi connectivity index (χ4v) is 2.54. The lowest BCUT2D eigenvalue weighted by molar-refractivity contribution is 0.537. The molecule has 0 radical (unpaired) electrons. The van der Waals surface area contributed by atoms with E-state index < -0.39 is 11.1 Å². The minimum atomic E-state index is -2.18. The molecule has 0 aliphatic heterocycles. The third-order valence-electron chi connectivity index (χ3n) is 2.68. The molecule has 15 heavy (non-hydrogen) atoms. The maximum atomic E-state index is 11.2. The average molecular weight is 219 g/mol. The second kappa shape index (κ2) is 3.76. The summed E-state index contributed by atoms with van der Waals surface area (Å²) in [7, 11) is 0. The van der Waals surface area contributed by atoms with Crippen molar-refractivity contribution < 1.29 is 8.76 Å².